The van der Waals surface area contributed by atoms with E-state index in [1.54, 1.807) is 4.90 Å². The molecule has 2 aromatic carbocycles. The number of rotatable bonds is 3. The summed E-state index contributed by atoms with van der Waals surface area (Å²) in [6, 6.07) is 17.9. The first-order valence-corrected chi connectivity index (χ1v) is 10.2. The van der Waals surface area contributed by atoms with Crippen LogP contribution in [0.4, 0.5) is 0 Å². The van der Waals surface area contributed by atoms with Crippen LogP contribution < -0.4 is 0 Å². The molecule has 5 heteroatoms. The number of aromatic amines is 1. The van der Waals surface area contributed by atoms with Crippen molar-refractivity contribution in [1.29, 1.82) is 0 Å². The molecule has 0 aliphatic carbocycles. The molecule has 1 aromatic heterocycles. The minimum absolute atomic E-state index is 0.0250. The quantitative estimate of drug-likeness (QED) is 0.750. The summed E-state index contributed by atoms with van der Waals surface area (Å²) in [6.45, 7) is 4.80. The third kappa shape index (κ3) is 2.76. The Morgan fingerprint density at radius 2 is 1.76 bits per heavy atom. The molecule has 2 amide bonds. The number of nitrogens with one attached hydrogen (secondary N) is 1. The van der Waals surface area contributed by atoms with Gasteiger partial charge in [-0.25, -0.2) is 0 Å². The Kier molecular flexibility index (Phi) is 4.02. The first-order chi connectivity index (χ1) is 14.0. The number of aromatic nitrogens is 1. The molecule has 2 aliphatic rings. The standard InChI is InChI=1S/C24H25N3O2/c1-24(2)22-18(17-10-6-7-11-19(17)25-22)14-20-23(29)26(15-21(28)27(20)24)13-12-16-8-4-3-5-9-16/h3-11,20,25H,12-15H2,1-2H3/t20-/m1/s1. The molecule has 1 N–H and O–H groups in total. The van der Waals surface area contributed by atoms with Crippen molar-refractivity contribution in [3.05, 3.63) is 71.4 Å². The van der Waals surface area contributed by atoms with Crippen molar-refractivity contribution < 1.29 is 9.59 Å². The van der Waals surface area contributed by atoms with Crippen molar-refractivity contribution in [3.8, 4) is 0 Å². The molecule has 1 saturated heterocycles. The fraction of sp³-hybridized carbons (Fsp3) is 0.333. The number of piperazine rings is 1. The van der Waals surface area contributed by atoms with Crippen LogP contribution in [0.2, 0.25) is 0 Å². The molecule has 1 fully saturated rings. The first-order valence-electron chi connectivity index (χ1n) is 10.2. The van der Waals surface area contributed by atoms with Crippen LogP contribution in [-0.4, -0.2) is 45.7 Å². The largest absolute Gasteiger partial charge is 0.356 e. The van der Waals surface area contributed by atoms with Gasteiger partial charge in [0.15, 0.2) is 0 Å². The van der Waals surface area contributed by atoms with Crippen molar-refractivity contribution in [2.45, 2.75) is 38.3 Å². The van der Waals surface area contributed by atoms with E-state index in [2.05, 4.69) is 29.2 Å². The van der Waals surface area contributed by atoms with Gasteiger partial charge in [0.25, 0.3) is 0 Å². The number of amides is 2. The van der Waals surface area contributed by atoms with E-state index in [0.717, 1.165) is 28.6 Å². The Morgan fingerprint density at radius 1 is 1.03 bits per heavy atom. The monoisotopic (exact) mass is 387 g/mol. The van der Waals surface area contributed by atoms with Gasteiger partial charge in [-0.1, -0.05) is 48.5 Å². The van der Waals surface area contributed by atoms with Crippen molar-refractivity contribution in [3.63, 3.8) is 0 Å². The molecule has 29 heavy (non-hydrogen) atoms. The summed E-state index contributed by atoms with van der Waals surface area (Å²) in [5.74, 6) is 0.0847. The molecule has 5 nitrogen and oxygen atoms in total. The molecule has 0 bridgehead atoms. The predicted octanol–water partition coefficient (Wildman–Crippen LogP) is 3.24. The molecule has 0 spiro atoms. The Hall–Kier alpha value is -3.08. The molecular weight excluding hydrogens is 362 g/mol. The van der Waals surface area contributed by atoms with E-state index in [0.29, 0.717) is 13.0 Å². The van der Waals surface area contributed by atoms with Gasteiger partial charge < -0.3 is 14.8 Å². The SMILES string of the molecule is CC1(C)c2[nH]c3ccccc3c2C[C@@H]2C(=O)N(CCc3ccccc3)CC(=O)N21. The van der Waals surface area contributed by atoms with Crippen LogP contribution in [0.1, 0.15) is 30.7 Å². The van der Waals surface area contributed by atoms with Gasteiger partial charge >= 0.3 is 0 Å². The summed E-state index contributed by atoms with van der Waals surface area (Å²) in [4.78, 5) is 33.6. The van der Waals surface area contributed by atoms with Gasteiger partial charge in [-0.3, -0.25) is 9.59 Å². The highest BCUT2D eigenvalue weighted by atomic mass is 16.2. The van der Waals surface area contributed by atoms with Crippen LogP contribution in [0.5, 0.6) is 0 Å². The van der Waals surface area contributed by atoms with Crippen molar-refractivity contribution in [1.82, 2.24) is 14.8 Å². The Labute approximate surface area is 170 Å². The fourth-order valence-electron chi connectivity index (χ4n) is 5.04. The summed E-state index contributed by atoms with van der Waals surface area (Å²) < 4.78 is 0. The third-order valence-corrected chi connectivity index (χ3v) is 6.44. The first kappa shape index (κ1) is 18.0. The lowest BCUT2D eigenvalue weighted by atomic mass is 9.82. The number of para-hydroxylation sites is 1. The number of carbonyl (C=O) groups excluding carboxylic acids is 2. The number of benzene rings is 2. The molecule has 3 aromatic rings. The Bertz CT molecular complexity index is 1100. The zero-order valence-corrected chi connectivity index (χ0v) is 16.8. The number of fused-ring (bicyclic) bond motifs is 4. The maximum Gasteiger partial charge on any atom is 0.246 e. The molecule has 0 radical (unpaired) electrons. The lowest BCUT2D eigenvalue weighted by Crippen LogP contribution is -2.67. The highest BCUT2D eigenvalue weighted by molar-refractivity contribution is 5.97. The second-order valence-electron chi connectivity index (χ2n) is 8.56. The maximum atomic E-state index is 13.4. The molecule has 148 valence electrons. The highest BCUT2D eigenvalue weighted by Gasteiger charge is 2.51. The summed E-state index contributed by atoms with van der Waals surface area (Å²) in [5.41, 5.74) is 3.91. The molecule has 3 heterocycles. The van der Waals surface area contributed by atoms with E-state index in [1.165, 1.54) is 5.56 Å². The molecule has 1 atom stereocenters. The average molecular weight is 387 g/mol. The van der Waals surface area contributed by atoms with Crippen molar-refractivity contribution >= 4 is 22.7 Å². The maximum absolute atomic E-state index is 13.4. The van der Waals surface area contributed by atoms with E-state index >= 15 is 0 Å². The minimum Gasteiger partial charge on any atom is -0.356 e. The van der Waals surface area contributed by atoms with Gasteiger partial charge in [0.05, 0.1) is 12.1 Å². The van der Waals surface area contributed by atoms with Crippen molar-refractivity contribution in [2.75, 3.05) is 13.1 Å². The number of nitrogens with zero attached hydrogens (tertiary/aromatic N) is 2. The topological polar surface area (TPSA) is 56.4 Å². The molecular formula is C24H25N3O2. The van der Waals surface area contributed by atoms with Gasteiger partial charge in [0.1, 0.15) is 6.04 Å². The smallest absolute Gasteiger partial charge is 0.246 e. The van der Waals surface area contributed by atoms with Crippen LogP contribution in [0.25, 0.3) is 10.9 Å². The average Bonchev–Trinajstić information content (AvgIpc) is 3.10. The zero-order valence-electron chi connectivity index (χ0n) is 16.8. The van der Waals surface area contributed by atoms with Gasteiger partial charge in [-0.15, -0.1) is 0 Å². The number of H-pyrrole nitrogens is 1. The van der Waals surface area contributed by atoms with Gasteiger partial charge in [-0.05, 0) is 37.5 Å². The molecule has 0 saturated carbocycles. The van der Waals surface area contributed by atoms with E-state index in [4.69, 9.17) is 0 Å². The number of hydrogen-bond donors (Lipinski definition) is 1. The van der Waals surface area contributed by atoms with Crippen LogP contribution in [-0.2, 0) is 28.0 Å². The molecule has 2 aliphatic heterocycles. The normalized spacial score (nSPS) is 20.7. The second-order valence-corrected chi connectivity index (χ2v) is 8.56. The third-order valence-electron chi connectivity index (χ3n) is 6.44. The van der Waals surface area contributed by atoms with E-state index < -0.39 is 11.6 Å². The lowest BCUT2D eigenvalue weighted by Gasteiger charge is -2.51. The van der Waals surface area contributed by atoms with Gasteiger partial charge in [-0.2, -0.15) is 0 Å². The van der Waals surface area contributed by atoms with Crippen LogP contribution >= 0.6 is 0 Å². The van der Waals surface area contributed by atoms with Crippen molar-refractivity contribution in [2.24, 2.45) is 0 Å². The highest BCUT2D eigenvalue weighted by Crippen LogP contribution is 2.42. The van der Waals surface area contributed by atoms with Crippen LogP contribution in [0, 0.1) is 0 Å². The second kappa shape index (κ2) is 6.48. The molecule has 5 rings (SSSR count). The Morgan fingerprint density at radius 3 is 2.55 bits per heavy atom. The van der Waals surface area contributed by atoms with E-state index in [9.17, 15) is 9.59 Å². The van der Waals surface area contributed by atoms with Gasteiger partial charge in [0, 0.05) is 29.6 Å². The minimum atomic E-state index is -0.546. The lowest BCUT2D eigenvalue weighted by molar-refractivity contribution is -0.163. The van der Waals surface area contributed by atoms with Gasteiger partial charge in [0.2, 0.25) is 11.8 Å². The number of hydrogen-bond acceptors (Lipinski definition) is 2. The Balaban J connectivity index is 1.48. The summed E-state index contributed by atoms with van der Waals surface area (Å²) in [7, 11) is 0. The fourth-order valence-corrected chi connectivity index (χ4v) is 5.04. The summed E-state index contributed by atoms with van der Waals surface area (Å²) >= 11 is 0. The van der Waals surface area contributed by atoms with Crippen LogP contribution in [0.15, 0.2) is 54.6 Å². The predicted molar refractivity (Wildman–Crippen MR) is 112 cm³/mol. The van der Waals surface area contributed by atoms with E-state index in [1.807, 2.05) is 49.1 Å². The van der Waals surface area contributed by atoms with E-state index in [-0.39, 0.29) is 18.4 Å². The number of carbonyl (C=O) groups is 2. The molecule has 0 unspecified atom stereocenters. The van der Waals surface area contributed by atoms with Crippen LogP contribution in [0.3, 0.4) is 0 Å². The zero-order chi connectivity index (χ0) is 20.2. The summed E-state index contributed by atoms with van der Waals surface area (Å²) in [5, 5.41) is 1.15. The summed E-state index contributed by atoms with van der Waals surface area (Å²) in [6.07, 6.45) is 1.32.